The summed E-state index contributed by atoms with van der Waals surface area (Å²) >= 11 is 1.21. The normalized spacial score (nSPS) is 21.4. The van der Waals surface area contributed by atoms with Crippen molar-refractivity contribution in [1.82, 2.24) is 14.3 Å². The number of pyridine rings is 1. The lowest BCUT2D eigenvalue weighted by Crippen LogP contribution is -2.31. The summed E-state index contributed by atoms with van der Waals surface area (Å²) in [6.07, 6.45) is 6.06. The van der Waals surface area contributed by atoms with Crippen LogP contribution in [0.15, 0.2) is 28.7 Å². The van der Waals surface area contributed by atoms with Gasteiger partial charge in [-0.05, 0) is 38.3 Å². The Kier molecular flexibility index (Phi) is 4.85. The molecule has 0 aliphatic carbocycles. The molecule has 2 fully saturated rings. The molecule has 2 aliphatic rings. The molecule has 2 saturated heterocycles. The van der Waals surface area contributed by atoms with E-state index in [1.54, 1.807) is 6.20 Å². The third-order valence-electron chi connectivity index (χ3n) is 4.75. The lowest BCUT2D eigenvalue weighted by Gasteiger charge is -2.22. The smallest absolute Gasteiger partial charge is 0.254 e. The van der Waals surface area contributed by atoms with Crippen molar-refractivity contribution in [3.63, 3.8) is 0 Å². The molecule has 4 rings (SSSR count). The molecule has 26 heavy (non-hydrogen) atoms. The minimum absolute atomic E-state index is 0.163. The Bertz CT molecular complexity index is 878. The zero-order chi connectivity index (χ0) is 18.1. The summed E-state index contributed by atoms with van der Waals surface area (Å²) in [5.74, 6) is 1.61. The number of aromatic nitrogens is 2. The van der Waals surface area contributed by atoms with Crippen LogP contribution >= 0.6 is 11.3 Å². The summed E-state index contributed by atoms with van der Waals surface area (Å²) in [6, 6.07) is 3.78. The van der Waals surface area contributed by atoms with Gasteiger partial charge in [-0.3, -0.25) is 0 Å². The molecule has 7 nitrogen and oxygen atoms in total. The van der Waals surface area contributed by atoms with Gasteiger partial charge in [0, 0.05) is 25.8 Å². The lowest BCUT2D eigenvalue weighted by molar-refractivity contribution is 0.215. The molecular formula is C17H22N4O3S2. The summed E-state index contributed by atoms with van der Waals surface area (Å²) < 4.78 is 33.4. The monoisotopic (exact) mass is 394 g/mol. The second-order valence-corrected chi connectivity index (χ2v) is 10.0. The molecule has 2 aromatic rings. The maximum Gasteiger partial charge on any atom is 0.254 e. The van der Waals surface area contributed by atoms with Crippen molar-refractivity contribution in [1.29, 1.82) is 0 Å². The Morgan fingerprint density at radius 3 is 2.77 bits per heavy atom. The number of hydrogen-bond donors (Lipinski definition) is 0. The number of thiazole rings is 1. The fraction of sp³-hybridized carbons (Fsp3) is 0.529. The van der Waals surface area contributed by atoms with E-state index in [2.05, 4.69) is 14.9 Å². The first-order valence-corrected chi connectivity index (χ1v) is 11.1. The SMILES string of the molecule is Cc1ncc(S(=O)(=O)N2CCC(Oc3cccnc3N3CCCC3)C2)s1. The average Bonchev–Trinajstić information content (AvgIpc) is 3.37. The third kappa shape index (κ3) is 3.43. The van der Waals surface area contributed by atoms with Gasteiger partial charge in [-0.25, -0.2) is 18.4 Å². The van der Waals surface area contributed by atoms with Crippen molar-refractivity contribution < 1.29 is 13.2 Å². The number of sulfonamides is 1. The quantitative estimate of drug-likeness (QED) is 0.775. The van der Waals surface area contributed by atoms with Gasteiger partial charge in [0.2, 0.25) is 0 Å². The summed E-state index contributed by atoms with van der Waals surface area (Å²) in [5, 5.41) is 0.751. The Morgan fingerprint density at radius 2 is 2.04 bits per heavy atom. The minimum Gasteiger partial charge on any atom is -0.485 e. The zero-order valence-electron chi connectivity index (χ0n) is 14.7. The van der Waals surface area contributed by atoms with Crippen LogP contribution < -0.4 is 9.64 Å². The highest BCUT2D eigenvalue weighted by atomic mass is 32.2. The summed E-state index contributed by atoms with van der Waals surface area (Å²) in [4.78, 5) is 10.8. The van der Waals surface area contributed by atoms with Crippen LogP contribution in [0.3, 0.4) is 0 Å². The second-order valence-electron chi connectivity index (χ2n) is 6.61. The largest absolute Gasteiger partial charge is 0.485 e. The van der Waals surface area contributed by atoms with Crippen LogP contribution in [0.2, 0.25) is 0 Å². The third-order valence-corrected chi connectivity index (χ3v) is 7.97. The maximum atomic E-state index is 12.7. The van der Waals surface area contributed by atoms with E-state index < -0.39 is 10.0 Å². The molecule has 140 valence electrons. The van der Waals surface area contributed by atoms with Crippen molar-refractivity contribution >= 4 is 27.2 Å². The number of rotatable bonds is 5. The van der Waals surface area contributed by atoms with Crippen molar-refractivity contribution in [3.8, 4) is 5.75 Å². The Morgan fingerprint density at radius 1 is 1.23 bits per heavy atom. The van der Waals surface area contributed by atoms with Gasteiger partial charge >= 0.3 is 0 Å². The van der Waals surface area contributed by atoms with Crippen LogP contribution in [0.5, 0.6) is 5.75 Å². The van der Waals surface area contributed by atoms with Crippen molar-refractivity contribution in [2.75, 3.05) is 31.1 Å². The van der Waals surface area contributed by atoms with Crippen LogP contribution in [-0.2, 0) is 10.0 Å². The molecule has 0 spiro atoms. The molecule has 0 aromatic carbocycles. The fourth-order valence-electron chi connectivity index (χ4n) is 3.42. The summed E-state index contributed by atoms with van der Waals surface area (Å²) in [7, 11) is -3.49. The molecule has 0 saturated carbocycles. The highest BCUT2D eigenvalue weighted by Crippen LogP contribution is 2.32. The van der Waals surface area contributed by atoms with E-state index in [0.717, 1.165) is 29.7 Å². The van der Waals surface area contributed by atoms with E-state index >= 15 is 0 Å². The molecule has 1 atom stereocenters. The van der Waals surface area contributed by atoms with E-state index in [9.17, 15) is 8.42 Å². The molecule has 0 radical (unpaired) electrons. The highest BCUT2D eigenvalue weighted by Gasteiger charge is 2.35. The van der Waals surface area contributed by atoms with E-state index in [1.807, 2.05) is 19.1 Å². The van der Waals surface area contributed by atoms with Gasteiger partial charge in [-0.1, -0.05) is 0 Å². The van der Waals surface area contributed by atoms with Gasteiger partial charge in [0.15, 0.2) is 15.8 Å². The van der Waals surface area contributed by atoms with Gasteiger partial charge in [0.1, 0.15) is 6.10 Å². The van der Waals surface area contributed by atoms with Crippen LogP contribution in [-0.4, -0.2) is 55.0 Å². The number of anilines is 1. The van der Waals surface area contributed by atoms with Crippen LogP contribution in [0.4, 0.5) is 5.82 Å². The van der Waals surface area contributed by atoms with Gasteiger partial charge < -0.3 is 9.64 Å². The predicted molar refractivity (Wildman–Crippen MR) is 100 cm³/mol. The molecule has 1 unspecified atom stereocenters. The molecule has 9 heteroatoms. The standard InChI is InChI=1S/C17H22N4O3S2/c1-13-19-11-16(25-13)26(22,23)21-10-6-14(12-21)24-15-5-4-7-18-17(15)20-8-2-3-9-20/h4-5,7,11,14H,2-3,6,8-10,12H2,1H3. The second kappa shape index (κ2) is 7.13. The molecule has 2 aliphatic heterocycles. The molecular weight excluding hydrogens is 372 g/mol. The van der Waals surface area contributed by atoms with E-state index in [4.69, 9.17) is 4.74 Å². The highest BCUT2D eigenvalue weighted by molar-refractivity contribution is 7.91. The van der Waals surface area contributed by atoms with Gasteiger partial charge in [0.05, 0.1) is 17.7 Å². The Hall–Kier alpha value is -1.71. The minimum atomic E-state index is -3.49. The molecule has 0 bridgehead atoms. The maximum absolute atomic E-state index is 12.7. The van der Waals surface area contributed by atoms with Gasteiger partial charge in [-0.15, -0.1) is 11.3 Å². The number of hydrogen-bond acceptors (Lipinski definition) is 7. The van der Waals surface area contributed by atoms with Crippen LogP contribution in [0, 0.1) is 6.92 Å². The first-order chi connectivity index (χ1) is 12.5. The first kappa shape index (κ1) is 17.7. The van der Waals surface area contributed by atoms with Crippen molar-refractivity contribution in [2.24, 2.45) is 0 Å². The first-order valence-electron chi connectivity index (χ1n) is 8.83. The Labute approximate surface area is 157 Å². The average molecular weight is 395 g/mol. The number of ether oxygens (including phenoxy) is 1. The van der Waals surface area contributed by atoms with Crippen molar-refractivity contribution in [2.45, 2.75) is 36.5 Å². The Balaban J connectivity index is 1.47. The fourth-order valence-corrected chi connectivity index (χ4v) is 6.17. The van der Waals surface area contributed by atoms with Crippen LogP contribution in [0.1, 0.15) is 24.3 Å². The van der Waals surface area contributed by atoms with Crippen LogP contribution in [0.25, 0.3) is 0 Å². The molecule has 2 aromatic heterocycles. The topological polar surface area (TPSA) is 75.6 Å². The molecule has 0 N–H and O–H groups in total. The van der Waals surface area contributed by atoms with E-state index in [0.29, 0.717) is 23.7 Å². The predicted octanol–water partition coefficient (Wildman–Crippen LogP) is 2.29. The lowest BCUT2D eigenvalue weighted by atomic mass is 10.3. The summed E-state index contributed by atoms with van der Waals surface area (Å²) in [6.45, 7) is 4.60. The van der Waals surface area contributed by atoms with Gasteiger partial charge in [0.25, 0.3) is 10.0 Å². The van der Waals surface area contributed by atoms with Gasteiger partial charge in [-0.2, -0.15) is 4.31 Å². The molecule has 4 heterocycles. The van der Waals surface area contributed by atoms with E-state index in [-0.39, 0.29) is 6.10 Å². The zero-order valence-corrected chi connectivity index (χ0v) is 16.3. The molecule has 0 amide bonds. The number of nitrogens with zero attached hydrogens (tertiary/aromatic N) is 4. The van der Waals surface area contributed by atoms with Crippen molar-refractivity contribution in [3.05, 3.63) is 29.5 Å². The summed E-state index contributed by atoms with van der Waals surface area (Å²) in [5.41, 5.74) is 0. The number of aryl methyl sites for hydroxylation is 1. The van der Waals surface area contributed by atoms with E-state index in [1.165, 1.54) is 34.7 Å².